The van der Waals surface area contributed by atoms with Crippen LogP contribution in [-0.4, -0.2) is 41.5 Å². The van der Waals surface area contributed by atoms with Crippen LogP contribution in [0.3, 0.4) is 0 Å². The molecule has 1 fully saturated rings. The molecular weight excluding hydrogens is 285 g/mol. The van der Waals surface area contributed by atoms with E-state index in [9.17, 15) is 4.79 Å². The second kappa shape index (κ2) is 5.74. The van der Waals surface area contributed by atoms with Gasteiger partial charge in [0.05, 0.1) is 18.3 Å². The van der Waals surface area contributed by atoms with Gasteiger partial charge in [-0.05, 0) is 39.3 Å². The summed E-state index contributed by atoms with van der Waals surface area (Å²) in [6, 6.07) is 1.65. The average molecular weight is 305 g/mol. The van der Waals surface area contributed by atoms with Gasteiger partial charge in [0, 0.05) is 23.8 Å². The minimum Gasteiger partial charge on any atom is -0.481 e. The van der Waals surface area contributed by atoms with Gasteiger partial charge >= 0.3 is 13.1 Å². The van der Waals surface area contributed by atoms with Crippen molar-refractivity contribution in [3.05, 3.63) is 23.9 Å². The molecule has 7 heteroatoms. The Hall–Kier alpha value is -1.86. The van der Waals surface area contributed by atoms with Crippen LogP contribution in [0, 0.1) is 0 Å². The summed E-state index contributed by atoms with van der Waals surface area (Å²) in [5, 5.41) is 8.83. The topological polar surface area (TPSA) is 77.9 Å². The molecule has 0 bridgehead atoms. The van der Waals surface area contributed by atoms with Gasteiger partial charge in [0.25, 0.3) is 0 Å². The molecular formula is C15H20BNO5. The van der Waals surface area contributed by atoms with Gasteiger partial charge < -0.3 is 19.2 Å². The molecule has 0 radical (unpaired) electrons. The molecule has 0 unspecified atom stereocenters. The lowest BCUT2D eigenvalue weighted by atomic mass is 9.77. The Bertz CT molecular complexity index is 596. The third-order valence-corrected chi connectivity index (χ3v) is 4.06. The number of hydrogen-bond donors (Lipinski definition) is 1. The monoisotopic (exact) mass is 305 g/mol. The van der Waals surface area contributed by atoms with Crippen molar-refractivity contribution in [2.24, 2.45) is 0 Å². The van der Waals surface area contributed by atoms with Gasteiger partial charge in [-0.2, -0.15) is 0 Å². The average Bonchev–Trinajstić information content (AvgIpc) is 2.64. The van der Waals surface area contributed by atoms with E-state index in [1.54, 1.807) is 12.3 Å². The van der Waals surface area contributed by atoms with E-state index in [-0.39, 0.29) is 0 Å². The number of carboxylic acids is 1. The summed E-state index contributed by atoms with van der Waals surface area (Å²) < 4.78 is 17.1. The van der Waals surface area contributed by atoms with Gasteiger partial charge in [-0.1, -0.05) is 0 Å². The van der Waals surface area contributed by atoms with Crippen LogP contribution in [0.15, 0.2) is 18.3 Å². The second-order valence-corrected chi connectivity index (χ2v) is 6.12. The highest BCUT2D eigenvalue weighted by atomic mass is 16.7. The molecule has 1 saturated heterocycles. The number of pyridine rings is 1. The summed E-state index contributed by atoms with van der Waals surface area (Å²) in [6.07, 6.45) is 4.12. The third-order valence-electron chi connectivity index (χ3n) is 4.06. The number of rotatable bonds is 4. The van der Waals surface area contributed by atoms with Crippen LogP contribution in [-0.2, 0) is 14.1 Å². The summed E-state index contributed by atoms with van der Waals surface area (Å²) in [4.78, 5) is 14.9. The fraction of sp³-hybridized carbons (Fsp3) is 0.467. The predicted molar refractivity (Wildman–Crippen MR) is 83.2 cm³/mol. The van der Waals surface area contributed by atoms with Crippen LogP contribution in [0.2, 0.25) is 0 Å². The Labute approximate surface area is 130 Å². The van der Waals surface area contributed by atoms with E-state index in [0.717, 1.165) is 6.08 Å². The van der Waals surface area contributed by atoms with E-state index >= 15 is 0 Å². The SMILES string of the molecule is COc1cc(/C=C/C(=O)O)c(B2OC(C)(C)C(C)(C)O2)cn1. The largest absolute Gasteiger partial charge is 0.497 e. The number of carbonyl (C=O) groups is 1. The number of aromatic nitrogens is 1. The summed E-state index contributed by atoms with van der Waals surface area (Å²) in [5.74, 6) is -0.638. The molecule has 22 heavy (non-hydrogen) atoms. The zero-order valence-electron chi connectivity index (χ0n) is 13.4. The molecule has 0 spiro atoms. The molecule has 1 aromatic heterocycles. The minimum absolute atomic E-state index is 0.394. The van der Waals surface area contributed by atoms with Crippen molar-refractivity contribution >= 4 is 24.6 Å². The van der Waals surface area contributed by atoms with Crippen molar-refractivity contribution in [1.82, 2.24) is 4.98 Å². The number of aliphatic carboxylic acids is 1. The Kier molecular flexibility index (Phi) is 4.31. The molecule has 0 saturated carbocycles. The molecule has 1 aromatic rings. The van der Waals surface area contributed by atoms with Crippen LogP contribution in [0.1, 0.15) is 33.3 Å². The van der Waals surface area contributed by atoms with E-state index in [1.807, 2.05) is 27.7 Å². The van der Waals surface area contributed by atoms with Crippen LogP contribution in [0.25, 0.3) is 6.08 Å². The summed E-state index contributed by atoms with van der Waals surface area (Å²) in [7, 11) is 0.887. The molecule has 1 aliphatic rings. The van der Waals surface area contributed by atoms with Gasteiger partial charge in [-0.25, -0.2) is 9.78 Å². The van der Waals surface area contributed by atoms with Gasteiger partial charge in [0.15, 0.2) is 0 Å². The standard InChI is InChI=1S/C15H20BNO5/c1-14(2)15(3,4)22-16(21-14)11-9-17-12(20-5)8-10(11)6-7-13(18)19/h6-9H,1-5H3,(H,18,19)/b7-6+. The van der Waals surface area contributed by atoms with Gasteiger partial charge in [-0.15, -0.1) is 0 Å². The first-order valence-corrected chi connectivity index (χ1v) is 6.97. The van der Waals surface area contributed by atoms with E-state index in [0.29, 0.717) is 16.9 Å². The van der Waals surface area contributed by atoms with E-state index in [4.69, 9.17) is 19.2 Å². The van der Waals surface area contributed by atoms with Crippen molar-refractivity contribution in [2.75, 3.05) is 7.11 Å². The normalized spacial score (nSPS) is 19.6. The van der Waals surface area contributed by atoms with Crippen LogP contribution in [0.4, 0.5) is 0 Å². The summed E-state index contributed by atoms with van der Waals surface area (Å²) >= 11 is 0. The predicted octanol–water partition coefficient (Wildman–Crippen LogP) is 1.49. The maximum Gasteiger partial charge on any atom is 0.497 e. The van der Waals surface area contributed by atoms with Crippen molar-refractivity contribution in [3.8, 4) is 5.88 Å². The van der Waals surface area contributed by atoms with Crippen molar-refractivity contribution < 1.29 is 23.9 Å². The fourth-order valence-electron chi connectivity index (χ4n) is 2.05. The Morgan fingerprint density at radius 1 is 1.32 bits per heavy atom. The molecule has 2 rings (SSSR count). The number of methoxy groups -OCH3 is 1. The lowest BCUT2D eigenvalue weighted by molar-refractivity contribution is -0.131. The lowest BCUT2D eigenvalue weighted by Crippen LogP contribution is -2.41. The highest BCUT2D eigenvalue weighted by molar-refractivity contribution is 6.63. The Morgan fingerprint density at radius 3 is 2.41 bits per heavy atom. The molecule has 0 amide bonds. The minimum atomic E-state index is -1.03. The molecule has 0 aliphatic carbocycles. The van der Waals surface area contributed by atoms with Crippen LogP contribution >= 0.6 is 0 Å². The first-order valence-electron chi connectivity index (χ1n) is 6.97. The quantitative estimate of drug-likeness (QED) is 0.671. The van der Waals surface area contributed by atoms with Gasteiger partial charge in [0.2, 0.25) is 5.88 Å². The maximum atomic E-state index is 10.8. The zero-order chi connectivity index (χ0) is 16.5. The van der Waals surface area contributed by atoms with Crippen molar-refractivity contribution in [3.63, 3.8) is 0 Å². The van der Waals surface area contributed by atoms with E-state index in [1.165, 1.54) is 13.2 Å². The highest BCUT2D eigenvalue weighted by Gasteiger charge is 2.52. The third kappa shape index (κ3) is 3.15. The summed E-state index contributed by atoms with van der Waals surface area (Å²) in [6.45, 7) is 7.82. The Balaban J connectivity index is 2.41. The molecule has 118 valence electrons. The number of carboxylic acid groups (broad SMARTS) is 1. The molecule has 2 heterocycles. The molecule has 0 atom stereocenters. The van der Waals surface area contributed by atoms with Crippen LogP contribution in [0.5, 0.6) is 5.88 Å². The lowest BCUT2D eigenvalue weighted by Gasteiger charge is -2.32. The van der Waals surface area contributed by atoms with Gasteiger partial charge in [0.1, 0.15) is 0 Å². The highest BCUT2D eigenvalue weighted by Crippen LogP contribution is 2.36. The fourth-order valence-corrected chi connectivity index (χ4v) is 2.05. The smallest absolute Gasteiger partial charge is 0.481 e. The summed E-state index contributed by atoms with van der Waals surface area (Å²) in [5.41, 5.74) is 0.334. The van der Waals surface area contributed by atoms with E-state index in [2.05, 4.69) is 4.98 Å². The Morgan fingerprint density at radius 2 is 1.91 bits per heavy atom. The molecule has 0 aromatic carbocycles. The first kappa shape index (κ1) is 16.5. The first-order chi connectivity index (χ1) is 10.2. The molecule has 1 aliphatic heterocycles. The zero-order valence-corrected chi connectivity index (χ0v) is 13.4. The number of hydrogen-bond acceptors (Lipinski definition) is 5. The number of ether oxygens (including phenoxy) is 1. The van der Waals surface area contributed by atoms with Crippen molar-refractivity contribution in [2.45, 2.75) is 38.9 Å². The molecule has 1 N–H and O–H groups in total. The van der Waals surface area contributed by atoms with Gasteiger partial charge in [-0.3, -0.25) is 0 Å². The number of nitrogens with zero attached hydrogens (tertiary/aromatic N) is 1. The maximum absolute atomic E-state index is 10.8. The van der Waals surface area contributed by atoms with Crippen LogP contribution < -0.4 is 10.2 Å². The second-order valence-electron chi connectivity index (χ2n) is 6.12. The van der Waals surface area contributed by atoms with Crippen molar-refractivity contribution in [1.29, 1.82) is 0 Å². The molecule has 6 nitrogen and oxygen atoms in total. The van der Waals surface area contributed by atoms with E-state index < -0.39 is 24.3 Å².